The average Bonchev–Trinajstić information content (AvgIpc) is 2.48. The van der Waals surface area contributed by atoms with E-state index in [0.29, 0.717) is 13.0 Å². The van der Waals surface area contributed by atoms with Crippen molar-refractivity contribution in [3.8, 4) is 5.75 Å². The van der Waals surface area contributed by atoms with Gasteiger partial charge in [-0.05, 0) is 24.1 Å². The maximum absolute atomic E-state index is 11.5. The van der Waals surface area contributed by atoms with Crippen molar-refractivity contribution < 1.29 is 24.5 Å². The molecule has 0 atom stereocenters. The molecule has 21 heavy (non-hydrogen) atoms. The van der Waals surface area contributed by atoms with Gasteiger partial charge in [-0.2, -0.15) is 0 Å². The molecule has 0 heterocycles. The Bertz CT molecular complexity index is 447. The van der Waals surface area contributed by atoms with Crippen LogP contribution in [-0.4, -0.2) is 54.9 Å². The number of carbonyl (C=O) groups excluding carboxylic acids is 2. The van der Waals surface area contributed by atoms with Crippen molar-refractivity contribution in [3.05, 3.63) is 29.8 Å². The van der Waals surface area contributed by atoms with E-state index in [2.05, 4.69) is 10.6 Å². The molecule has 0 bridgehead atoms. The van der Waals surface area contributed by atoms with Crippen LogP contribution in [0.3, 0.4) is 0 Å². The minimum absolute atomic E-state index is 0.0777. The number of aliphatic hydroxyl groups is 1. The first kappa shape index (κ1) is 16.9. The Balaban J connectivity index is 2.14. The van der Waals surface area contributed by atoms with Crippen LogP contribution < -0.4 is 10.6 Å². The monoisotopic (exact) mass is 296 g/mol. The molecular formula is C14H20N2O5. The molecule has 7 nitrogen and oxygen atoms in total. The summed E-state index contributed by atoms with van der Waals surface area (Å²) in [6, 6.07) is 6.63. The highest BCUT2D eigenvalue weighted by atomic mass is 16.5. The highest BCUT2D eigenvalue weighted by Gasteiger charge is 2.11. The van der Waals surface area contributed by atoms with Crippen LogP contribution in [0.4, 0.5) is 0 Å². The first-order chi connectivity index (χ1) is 10.1. The number of ether oxygens (including phenoxy) is 1. The zero-order valence-corrected chi connectivity index (χ0v) is 11.7. The minimum Gasteiger partial charge on any atom is -0.508 e. The summed E-state index contributed by atoms with van der Waals surface area (Å²) in [5.74, 6) is -1.23. The second kappa shape index (κ2) is 9.73. The largest absolute Gasteiger partial charge is 0.508 e. The number of rotatable bonds is 8. The molecule has 7 heteroatoms. The summed E-state index contributed by atoms with van der Waals surface area (Å²) in [4.78, 5) is 22.9. The van der Waals surface area contributed by atoms with Gasteiger partial charge in [0.1, 0.15) is 5.75 Å². The normalized spacial score (nSPS) is 10.1. The minimum atomic E-state index is -0.715. The third-order valence-corrected chi connectivity index (χ3v) is 2.61. The molecular weight excluding hydrogens is 276 g/mol. The molecule has 0 aliphatic carbocycles. The SMILES string of the molecule is O=C(NCCOCCO)C(=O)NCCc1ccc(O)cc1. The Morgan fingerprint density at radius 2 is 1.62 bits per heavy atom. The second-order valence-electron chi connectivity index (χ2n) is 4.26. The molecule has 0 aliphatic heterocycles. The number of nitrogens with one attached hydrogen (secondary N) is 2. The Morgan fingerprint density at radius 1 is 1.00 bits per heavy atom. The molecule has 0 fully saturated rings. The van der Waals surface area contributed by atoms with Crippen molar-refractivity contribution in [2.45, 2.75) is 6.42 Å². The van der Waals surface area contributed by atoms with Crippen LogP contribution in [0.1, 0.15) is 5.56 Å². The number of aromatic hydroxyl groups is 1. The molecule has 116 valence electrons. The summed E-state index contributed by atoms with van der Waals surface area (Å²) in [6.45, 7) is 0.912. The van der Waals surface area contributed by atoms with Crippen molar-refractivity contribution in [2.24, 2.45) is 0 Å². The van der Waals surface area contributed by atoms with E-state index in [1.165, 1.54) is 0 Å². The quantitative estimate of drug-likeness (QED) is 0.370. The average molecular weight is 296 g/mol. The number of hydrogen-bond acceptors (Lipinski definition) is 5. The molecule has 0 aliphatic rings. The summed E-state index contributed by atoms with van der Waals surface area (Å²) < 4.78 is 4.94. The number of phenols is 1. The molecule has 1 rings (SSSR count). The molecule has 0 unspecified atom stereocenters. The van der Waals surface area contributed by atoms with Crippen molar-refractivity contribution in [1.82, 2.24) is 10.6 Å². The van der Waals surface area contributed by atoms with Gasteiger partial charge in [0.15, 0.2) is 0 Å². The standard InChI is InChI=1S/C14H20N2O5/c17-8-10-21-9-7-16-14(20)13(19)15-6-5-11-1-3-12(18)4-2-11/h1-4,17-18H,5-10H2,(H,15,19)(H,16,20). The first-order valence-corrected chi connectivity index (χ1v) is 6.66. The van der Waals surface area contributed by atoms with Crippen molar-refractivity contribution in [1.29, 1.82) is 0 Å². The Hall–Kier alpha value is -2.12. The van der Waals surface area contributed by atoms with Gasteiger partial charge in [-0.25, -0.2) is 0 Å². The van der Waals surface area contributed by atoms with Gasteiger partial charge in [-0.15, -0.1) is 0 Å². The molecule has 4 N–H and O–H groups in total. The Kier molecular flexibility index (Phi) is 7.85. The fourth-order valence-electron chi connectivity index (χ4n) is 1.55. The number of benzene rings is 1. The summed E-state index contributed by atoms with van der Waals surface area (Å²) in [5, 5.41) is 22.5. The van der Waals surface area contributed by atoms with Gasteiger partial charge in [-0.3, -0.25) is 9.59 Å². The smallest absolute Gasteiger partial charge is 0.309 e. The predicted molar refractivity (Wildman–Crippen MR) is 75.7 cm³/mol. The van der Waals surface area contributed by atoms with E-state index in [0.717, 1.165) is 5.56 Å². The van der Waals surface area contributed by atoms with Crippen LogP contribution in [0.5, 0.6) is 5.75 Å². The lowest BCUT2D eigenvalue weighted by Crippen LogP contribution is -2.41. The second-order valence-corrected chi connectivity index (χ2v) is 4.26. The molecule has 0 spiro atoms. The molecule has 0 aromatic heterocycles. The lowest BCUT2D eigenvalue weighted by atomic mass is 10.1. The molecule has 1 aromatic carbocycles. The number of aliphatic hydroxyl groups excluding tert-OH is 1. The van der Waals surface area contributed by atoms with Crippen LogP contribution in [0.15, 0.2) is 24.3 Å². The van der Waals surface area contributed by atoms with Crippen LogP contribution in [0.25, 0.3) is 0 Å². The van der Waals surface area contributed by atoms with E-state index in [-0.39, 0.29) is 32.1 Å². The number of carbonyl (C=O) groups is 2. The van der Waals surface area contributed by atoms with Gasteiger partial charge >= 0.3 is 11.8 Å². The van der Waals surface area contributed by atoms with Crippen molar-refractivity contribution in [3.63, 3.8) is 0 Å². The van der Waals surface area contributed by atoms with Gasteiger partial charge in [0.2, 0.25) is 0 Å². The van der Waals surface area contributed by atoms with Gasteiger partial charge in [-0.1, -0.05) is 12.1 Å². The molecule has 0 radical (unpaired) electrons. The zero-order chi connectivity index (χ0) is 15.5. The first-order valence-electron chi connectivity index (χ1n) is 6.66. The van der Waals surface area contributed by atoms with Crippen LogP contribution >= 0.6 is 0 Å². The zero-order valence-electron chi connectivity index (χ0n) is 11.7. The van der Waals surface area contributed by atoms with Crippen molar-refractivity contribution in [2.75, 3.05) is 32.9 Å². The van der Waals surface area contributed by atoms with E-state index in [9.17, 15) is 9.59 Å². The molecule has 1 aromatic rings. The number of phenolic OH excluding ortho intramolecular Hbond substituents is 1. The fraction of sp³-hybridized carbons (Fsp3) is 0.429. The maximum Gasteiger partial charge on any atom is 0.309 e. The maximum atomic E-state index is 11.5. The summed E-state index contributed by atoms with van der Waals surface area (Å²) >= 11 is 0. The lowest BCUT2D eigenvalue weighted by Gasteiger charge is -2.07. The van der Waals surface area contributed by atoms with Gasteiger partial charge in [0.25, 0.3) is 0 Å². The molecule has 2 amide bonds. The highest BCUT2D eigenvalue weighted by Crippen LogP contribution is 2.09. The van der Waals surface area contributed by atoms with Crippen LogP contribution in [0, 0.1) is 0 Å². The van der Waals surface area contributed by atoms with Gasteiger partial charge in [0, 0.05) is 13.1 Å². The fourth-order valence-corrected chi connectivity index (χ4v) is 1.55. The lowest BCUT2D eigenvalue weighted by molar-refractivity contribution is -0.139. The summed E-state index contributed by atoms with van der Waals surface area (Å²) in [7, 11) is 0. The van der Waals surface area contributed by atoms with E-state index in [4.69, 9.17) is 14.9 Å². The summed E-state index contributed by atoms with van der Waals surface area (Å²) in [6.07, 6.45) is 0.568. The summed E-state index contributed by atoms with van der Waals surface area (Å²) in [5.41, 5.74) is 0.950. The van der Waals surface area contributed by atoms with E-state index >= 15 is 0 Å². The molecule has 0 saturated heterocycles. The van der Waals surface area contributed by atoms with Crippen LogP contribution in [-0.2, 0) is 20.7 Å². The number of amides is 2. The predicted octanol–water partition coefficient (Wildman–Crippen LogP) is -0.824. The third kappa shape index (κ3) is 7.28. The van der Waals surface area contributed by atoms with Crippen molar-refractivity contribution >= 4 is 11.8 Å². The third-order valence-electron chi connectivity index (χ3n) is 2.61. The van der Waals surface area contributed by atoms with E-state index < -0.39 is 11.8 Å². The molecule has 0 saturated carbocycles. The van der Waals surface area contributed by atoms with Gasteiger partial charge in [0.05, 0.1) is 19.8 Å². The van der Waals surface area contributed by atoms with Crippen LogP contribution in [0.2, 0.25) is 0 Å². The Morgan fingerprint density at radius 3 is 2.24 bits per heavy atom. The topological polar surface area (TPSA) is 108 Å². The van der Waals surface area contributed by atoms with Gasteiger partial charge < -0.3 is 25.6 Å². The Labute approximate surface area is 122 Å². The highest BCUT2D eigenvalue weighted by molar-refractivity contribution is 6.35. The number of hydrogen-bond donors (Lipinski definition) is 4. The van der Waals surface area contributed by atoms with E-state index in [1.54, 1.807) is 24.3 Å². The van der Waals surface area contributed by atoms with E-state index in [1.807, 2.05) is 0 Å².